The van der Waals surface area contributed by atoms with Crippen LogP contribution in [0.3, 0.4) is 0 Å². The van der Waals surface area contributed by atoms with Gasteiger partial charge in [-0.2, -0.15) is 0 Å². The number of halogens is 2. The molecule has 1 aromatic heterocycles. The van der Waals surface area contributed by atoms with Crippen molar-refractivity contribution in [2.45, 2.75) is 32.9 Å². The number of carbonyl (C=O) groups is 1. The smallest absolute Gasteiger partial charge is 0.429 e. The Kier molecular flexibility index (Phi) is 4.49. The summed E-state index contributed by atoms with van der Waals surface area (Å²) in [5.41, 5.74) is -0.481. The van der Waals surface area contributed by atoms with Crippen LogP contribution in [0.15, 0.2) is 42.7 Å². The lowest BCUT2D eigenvalue weighted by Crippen LogP contribution is -2.42. The molecule has 0 aliphatic carbocycles. The molecule has 4 nitrogen and oxygen atoms in total. The summed E-state index contributed by atoms with van der Waals surface area (Å²) in [5, 5.41) is 1.24. The van der Waals surface area contributed by atoms with E-state index in [0.717, 1.165) is 12.1 Å². The molecule has 0 bridgehead atoms. The van der Waals surface area contributed by atoms with Crippen molar-refractivity contribution in [2.24, 2.45) is 0 Å². The number of hydrogen-bond donors (Lipinski definition) is 0. The van der Waals surface area contributed by atoms with E-state index in [4.69, 9.17) is 4.74 Å². The largest absolute Gasteiger partial charge is 0.442 e. The second kappa shape index (κ2) is 6.17. The van der Waals surface area contributed by atoms with Crippen molar-refractivity contribution in [2.75, 3.05) is 5.01 Å². The van der Waals surface area contributed by atoms with Crippen LogP contribution in [0.4, 0.5) is 13.6 Å². The Bertz CT molecular complexity index is 649. The molecular formula is C16H18F2N2O2. The fourth-order valence-corrected chi connectivity index (χ4v) is 1.85. The maximum atomic E-state index is 13.8. The molecule has 2 rings (SSSR count). The van der Waals surface area contributed by atoms with Crippen LogP contribution in [0, 0.1) is 11.6 Å². The zero-order valence-corrected chi connectivity index (χ0v) is 12.7. The molecule has 0 saturated heterocycles. The normalized spacial score (nSPS) is 11.3. The third-order valence-electron chi connectivity index (χ3n) is 2.81. The number of benzene rings is 1. The average molecular weight is 308 g/mol. The summed E-state index contributed by atoms with van der Waals surface area (Å²) in [6, 6.07) is 6.72. The monoisotopic (exact) mass is 308 g/mol. The molecule has 0 aliphatic heterocycles. The molecule has 2 aromatic rings. The first-order valence-electron chi connectivity index (χ1n) is 6.84. The summed E-state index contributed by atoms with van der Waals surface area (Å²) in [6.07, 6.45) is 2.67. The Balaban J connectivity index is 2.27. The minimum Gasteiger partial charge on any atom is -0.442 e. The molecular weight excluding hydrogens is 290 g/mol. The molecule has 0 spiro atoms. The fourth-order valence-electron chi connectivity index (χ4n) is 1.85. The van der Waals surface area contributed by atoms with Gasteiger partial charge in [-0.05, 0) is 39.0 Å². The quantitative estimate of drug-likeness (QED) is 0.863. The first kappa shape index (κ1) is 16.0. The van der Waals surface area contributed by atoms with Gasteiger partial charge in [0.2, 0.25) is 0 Å². The Morgan fingerprint density at radius 3 is 2.41 bits per heavy atom. The van der Waals surface area contributed by atoms with Gasteiger partial charge < -0.3 is 4.74 Å². The minimum absolute atomic E-state index is 0.0737. The van der Waals surface area contributed by atoms with Gasteiger partial charge in [-0.1, -0.05) is 6.07 Å². The molecule has 0 unspecified atom stereocenters. The first-order valence-corrected chi connectivity index (χ1v) is 6.84. The van der Waals surface area contributed by atoms with E-state index in [1.54, 1.807) is 45.3 Å². The van der Waals surface area contributed by atoms with E-state index in [1.807, 2.05) is 0 Å². The highest BCUT2D eigenvalue weighted by atomic mass is 19.1. The third kappa shape index (κ3) is 4.07. The van der Waals surface area contributed by atoms with Crippen molar-refractivity contribution in [3.63, 3.8) is 0 Å². The maximum Gasteiger partial charge on any atom is 0.429 e. The number of carbonyl (C=O) groups excluding carboxylic acids is 1. The van der Waals surface area contributed by atoms with E-state index in [-0.39, 0.29) is 12.1 Å². The van der Waals surface area contributed by atoms with Crippen molar-refractivity contribution in [1.29, 1.82) is 0 Å². The molecule has 22 heavy (non-hydrogen) atoms. The number of amides is 1. The van der Waals surface area contributed by atoms with Crippen molar-refractivity contribution < 1.29 is 18.3 Å². The van der Waals surface area contributed by atoms with E-state index in [0.29, 0.717) is 0 Å². The maximum absolute atomic E-state index is 13.8. The standard InChI is InChI=1S/C16H18F2N2O2/c1-16(2,3)22-15(21)20(19-8-4-5-9-19)11-12-6-7-13(17)10-14(12)18/h4-10H,11H2,1-3H3. The van der Waals surface area contributed by atoms with Gasteiger partial charge in [0.1, 0.15) is 17.2 Å². The van der Waals surface area contributed by atoms with Gasteiger partial charge in [0.05, 0.1) is 6.54 Å². The lowest BCUT2D eigenvalue weighted by Gasteiger charge is -2.28. The van der Waals surface area contributed by atoms with Crippen LogP contribution < -0.4 is 5.01 Å². The molecule has 0 fully saturated rings. The van der Waals surface area contributed by atoms with Gasteiger partial charge in [0, 0.05) is 24.0 Å². The van der Waals surface area contributed by atoms with Crippen LogP contribution in [0.25, 0.3) is 0 Å². The zero-order valence-electron chi connectivity index (χ0n) is 12.7. The van der Waals surface area contributed by atoms with Gasteiger partial charge in [-0.15, -0.1) is 0 Å². The predicted molar refractivity (Wildman–Crippen MR) is 78.9 cm³/mol. The Morgan fingerprint density at radius 1 is 1.23 bits per heavy atom. The highest BCUT2D eigenvalue weighted by Crippen LogP contribution is 2.15. The highest BCUT2D eigenvalue weighted by molar-refractivity contribution is 5.78. The average Bonchev–Trinajstić information content (AvgIpc) is 2.89. The van der Waals surface area contributed by atoms with Crippen molar-refractivity contribution in [3.05, 3.63) is 59.9 Å². The van der Waals surface area contributed by atoms with E-state index in [2.05, 4.69) is 0 Å². The minimum atomic E-state index is -0.708. The molecule has 118 valence electrons. The van der Waals surface area contributed by atoms with Crippen LogP contribution in [0.2, 0.25) is 0 Å². The van der Waals surface area contributed by atoms with Gasteiger partial charge in [0.25, 0.3) is 0 Å². The van der Waals surface area contributed by atoms with Crippen molar-refractivity contribution >= 4 is 6.09 Å². The second-order valence-corrected chi connectivity index (χ2v) is 5.84. The Hall–Kier alpha value is -2.37. The summed E-state index contributed by atoms with van der Waals surface area (Å²) in [7, 11) is 0. The molecule has 1 heterocycles. The molecule has 0 aliphatic rings. The molecule has 6 heteroatoms. The zero-order chi connectivity index (χ0) is 16.3. The highest BCUT2D eigenvalue weighted by Gasteiger charge is 2.24. The summed E-state index contributed by atoms with van der Waals surface area (Å²) < 4.78 is 33.6. The molecule has 1 amide bonds. The van der Waals surface area contributed by atoms with Crippen LogP contribution >= 0.6 is 0 Å². The lowest BCUT2D eigenvalue weighted by atomic mass is 10.2. The summed E-state index contributed by atoms with van der Waals surface area (Å²) in [5.74, 6) is -1.37. The molecule has 0 radical (unpaired) electrons. The van der Waals surface area contributed by atoms with Crippen molar-refractivity contribution in [3.8, 4) is 0 Å². The van der Waals surface area contributed by atoms with E-state index < -0.39 is 23.3 Å². The lowest BCUT2D eigenvalue weighted by molar-refractivity contribution is 0.0534. The number of aromatic nitrogens is 1. The first-order chi connectivity index (χ1) is 10.3. The van der Waals surface area contributed by atoms with E-state index in [9.17, 15) is 13.6 Å². The fraction of sp³-hybridized carbons (Fsp3) is 0.312. The van der Waals surface area contributed by atoms with Crippen LogP contribution in [0.5, 0.6) is 0 Å². The Morgan fingerprint density at radius 2 is 1.86 bits per heavy atom. The van der Waals surface area contributed by atoms with Gasteiger partial charge >= 0.3 is 6.09 Å². The third-order valence-corrected chi connectivity index (χ3v) is 2.81. The molecule has 0 saturated carbocycles. The molecule has 0 atom stereocenters. The SMILES string of the molecule is CC(C)(C)OC(=O)N(Cc1ccc(F)cc1F)n1cccc1. The molecule has 1 aromatic carbocycles. The second-order valence-electron chi connectivity index (χ2n) is 5.84. The molecule has 0 N–H and O–H groups in total. The summed E-state index contributed by atoms with van der Waals surface area (Å²) in [4.78, 5) is 12.3. The van der Waals surface area contributed by atoms with E-state index in [1.165, 1.54) is 15.8 Å². The predicted octanol–water partition coefficient (Wildman–Crippen LogP) is 3.84. The number of rotatable bonds is 3. The van der Waals surface area contributed by atoms with Gasteiger partial charge in [-0.25, -0.2) is 18.6 Å². The van der Waals surface area contributed by atoms with Crippen molar-refractivity contribution in [1.82, 2.24) is 4.68 Å². The summed E-state index contributed by atoms with van der Waals surface area (Å²) in [6.45, 7) is 5.17. The number of ether oxygens (including phenoxy) is 1. The summed E-state index contributed by atoms with van der Waals surface area (Å²) >= 11 is 0. The Labute approximate surface area is 127 Å². The van der Waals surface area contributed by atoms with Gasteiger partial charge in [-0.3, -0.25) is 4.68 Å². The van der Waals surface area contributed by atoms with Gasteiger partial charge in [0.15, 0.2) is 0 Å². The number of hydrogen-bond acceptors (Lipinski definition) is 2. The number of nitrogens with zero attached hydrogens (tertiary/aromatic N) is 2. The van der Waals surface area contributed by atoms with Crippen LogP contribution in [0.1, 0.15) is 26.3 Å². The van der Waals surface area contributed by atoms with Crippen LogP contribution in [-0.4, -0.2) is 16.4 Å². The topological polar surface area (TPSA) is 34.5 Å². The van der Waals surface area contributed by atoms with Crippen LogP contribution in [-0.2, 0) is 11.3 Å². The van der Waals surface area contributed by atoms with E-state index >= 15 is 0 Å².